The van der Waals surface area contributed by atoms with Crippen LogP contribution in [0.3, 0.4) is 0 Å². The Morgan fingerprint density at radius 2 is 1.33 bits per heavy atom. The Balaban J connectivity index is 2.22. The summed E-state index contributed by atoms with van der Waals surface area (Å²) < 4.78 is 4.84. The van der Waals surface area contributed by atoms with Crippen LogP contribution in [0.4, 0.5) is 0 Å². The second kappa shape index (κ2) is 6.31. The molecule has 0 radical (unpaired) electrons. The molecule has 0 aliphatic carbocycles. The average Bonchev–Trinajstić information content (AvgIpc) is 3.20. The lowest BCUT2D eigenvalue weighted by Crippen LogP contribution is -2.02. The number of benzene rings is 3. The lowest BCUT2D eigenvalue weighted by Gasteiger charge is -2.21. The molecule has 0 saturated carbocycles. The SMILES string of the molecule is Cc1cc(-c2c(C)c(C)c(C)c(C)c2-c2nnon2)c2ccccc2c1C. The van der Waals surface area contributed by atoms with Crippen LogP contribution in [0.5, 0.6) is 0 Å². The number of nitrogens with zero attached hydrogens (tertiary/aromatic N) is 3. The van der Waals surface area contributed by atoms with Crippen LogP contribution in [0, 0.1) is 41.5 Å². The summed E-state index contributed by atoms with van der Waals surface area (Å²) in [5.74, 6) is 0.538. The van der Waals surface area contributed by atoms with Crippen molar-refractivity contribution in [3.63, 3.8) is 0 Å². The predicted octanol–water partition coefficient (Wildman–Crippen LogP) is 5.80. The van der Waals surface area contributed by atoms with Gasteiger partial charge in [-0.05, 0) is 102 Å². The van der Waals surface area contributed by atoms with Gasteiger partial charge in [0.2, 0.25) is 5.82 Å². The van der Waals surface area contributed by atoms with Crippen molar-refractivity contribution < 1.29 is 4.63 Å². The highest BCUT2D eigenvalue weighted by Gasteiger charge is 2.23. The zero-order valence-electron chi connectivity index (χ0n) is 16.6. The molecule has 0 bridgehead atoms. The van der Waals surface area contributed by atoms with E-state index in [4.69, 9.17) is 4.63 Å². The summed E-state index contributed by atoms with van der Waals surface area (Å²) in [4.78, 5) is 0. The molecule has 4 nitrogen and oxygen atoms in total. The molecule has 3 aromatic carbocycles. The standard InChI is InChI=1S/C23H23N3O/c1-12-11-20(19-10-8-7-9-18(19)13(12)2)21-16(5)14(3)15(4)17(6)22(21)23-24-26-27-25-23/h7-11H,1-6H3. The molecule has 0 aliphatic rings. The summed E-state index contributed by atoms with van der Waals surface area (Å²) in [6, 6.07) is 10.9. The Bertz CT molecular complexity index is 1170. The lowest BCUT2D eigenvalue weighted by atomic mass is 9.82. The first kappa shape index (κ1) is 17.4. The molecule has 4 heteroatoms. The fourth-order valence-electron chi connectivity index (χ4n) is 4.02. The van der Waals surface area contributed by atoms with E-state index in [0.717, 1.165) is 11.1 Å². The second-order valence-electron chi connectivity index (χ2n) is 7.34. The molecule has 0 saturated heterocycles. The Morgan fingerprint density at radius 1 is 0.704 bits per heavy atom. The van der Waals surface area contributed by atoms with E-state index in [0.29, 0.717) is 5.82 Å². The van der Waals surface area contributed by atoms with Crippen molar-refractivity contribution in [3.05, 3.63) is 63.7 Å². The minimum Gasteiger partial charge on any atom is -0.222 e. The topological polar surface area (TPSA) is 51.8 Å². The lowest BCUT2D eigenvalue weighted by molar-refractivity contribution is 0.293. The van der Waals surface area contributed by atoms with Gasteiger partial charge < -0.3 is 0 Å². The molecule has 4 aromatic rings. The van der Waals surface area contributed by atoms with E-state index < -0.39 is 0 Å². The monoisotopic (exact) mass is 357 g/mol. The van der Waals surface area contributed by atoms with E-state index in [9.17, 15) is 0 Å². The summed E-state index contributed by atoms with van der Waals surface area (Å²) in [6.07, 6.45) is 0. The highest BCUT2D eigenvalue weighted by Crippen LogP contribution is 2.43. The number of aromatic nitrogens is 3. The third kappa shape index (κ3) is 2.55. The first-order valence-electron chi connectivity index (χ1n) is 9.17. The van der Waals surface area contributed by atoms with Gasteiger partial charge in [-0.15, -0.1) is 0 Å². The molecule has 0 aliphatic heterocycles. The van der Waals surface area contributed by atoms with Crippen molar-refractivity contribution in [2.75, 3.05) is 0 Å². The fraction of sp³-hybridized carbons (Fsp3) is 0.261. The fourth-order valence-corrected chi connectivity index (χ4v) is 4.02. The average molecular weight is 357 g/mol. The Labute approximate surface area is 159 Å². The molecule has 1 heterocycles. The van der Waals surface area contributed by atoms with E-state index in [1.807, 2.05) is 0 Å². The molecule has 0 fully saturated rings. The predicted molar refractivity (Wildman–Crippen MR) is 109 cm³/mol. The Morgan fingerprint density at radius 3 is 1.96 bits per heavy atom. The van der Waals surface area contributed by atoms with Crippen LogP contribution in [0.15, 0.2) is 35.0 Å². The van der Waals surface area contributed by atoms with E-state index in [2.05, 4.69) is 87.4 Å². The van der Waals surface area contributed by atoms with Crippen molar-refractivity contribution >= 4 is 10.8 Å². The quantitative estimate of drug-likeness (QED) is 0.455. The van der Waals surface area contributed by atoms with Gasteiger partial charge in [0.15, 0.2) is 0 Å². The van der Waals surface area contributed by atoms with Crippen molar-refractivity contribution in [2.24, 2.45) is 0 Å². The first-order chi connectivity index (χ1) is 12.9. The summed E-state index contributed by atoms with van der Waals surface area (Å²) in [7, 11) is 0. The van der Waals surface area contributed by atoms with Gasteiger partial charge in [0, 0.05) is 5.56 Å². The summed E-state index contributed by atoms with van der Waals surface area (Å²) >= 11 is 0. The maximum Gasteiger partial charge on any atom is 0.227 e. The van der Waals surface area contributed by atoms with E-state index in [1.165, 1.54) is 49.7 Å². The van der Waals surface area contributed by atoms with Gasteiger partial charge in [-0.2, -0.15) is 0 Å². The summed E-state index contributed by atoms with van der Waals surface area (Å²) in [5.41, 5.74) is 10.9. The molecule has 1 aromatic heterocycles. The van der Waals surface area contributed by atoms with E-state index in [-0.39, 0.29) is 0 Å². The van der Waals surface area contributed by atoms with Crippen LogP contribution < -0.4 is 0 Å². The van der Waals surface area contributed by atoms with E-state index >= 15 is 0 Å². The third-order valence-electron chi connectivity index (χ3n) is 6.05. The molecule has 0 N–H and O–H groups in total. The van der Waals surface area contributed by atoms with Gasteiger partial charge >= 0.3 is 0 Å². The van der Waals surface area contributed by atoms with Crippen LogP contribution in [0.25, 0.3) is 33.3 Å². The number of fused-ring (bicyclic) bond motifs is 1. The number of hydrogen-bond donors (Lipinski definition) is 0. The first-order valence-corrected chi connectivity index (χ1v) is 9.17. The molecule has 0 amide bonds. The summed E-state index contributed by atoms with van der Waals surface area (Å²) in [6.45, 7) is 13.0. The maximum atomic E-state index is 4.84. The number of hydrogen-bond acceptors (Lipinski definition) is 4. The maximum absolute atomic E-state index is 4.84. The van der Waals surface area contributed by atoms with Gasteiger partial charge in [-0.3, -0.25) is 0 Å². The Hall–Kier alpha value is -3.01. The van der Waals surface area contributed by atoms with Crippen molar-refractivity contribution in [1.82, 2.24) is 15.5 Å². The number of rotatable bonds is 2. The van der Waals surface area contributed by atoms with Crippen molar-refractivity contribution in [2.45, 2.75) is 41.5 Å². The van der Waals surface area contributed by atoms with Gasteiger partial charge in [0.1, 0.15) is 0 Å². The van der Waals surface area contributed by atoms with Gasteiger partial charge in [0.05, 0.1) is 5.27 Å². The normalized spacial score (nSPS) is 11.3. The molecule has 27 heavy (non-hydrogen) atoms. The molecule has 4 rings (SSSR count). The minimum absolute atomic E-state index is 0.538. The highest BCUT2D eigenvalue weighted by atomic mass is 16.6. The molecular formula is C23H23N3O. The molecule has 0 spiro atoms. The van der Waals surface area contributed by atoms with E-state index in [1.54, 1.807) is 0 Å². The molecule has 0 atom stereocenters. The summed E-state index contributed by atoms with van der Waals surface area (Å²) in [5, 5.41) is 14.3. The minimum atomic E-state index is 0.538. The zero-order chi connectivity index (χ0) is 19.3. The van der Waals surface area contributed by atoms with Crippen molar-refractivity contribution in [1.29, 1.82) is 0 Å². The largest absolute Gasteiger partial charge is 0.227 e. The van der Waals surface area contributed by atoms with Gasteiger partial charge in [-0.25, -0.2) is 4.63 Å². The Kier molecular flexibility index (Phi) is 4.06. The second-order valence-corrected chi connectivity index (χ2v) is 7.34. The smallest absolute Gasteiger partial charge is 0.222 e. The number of aryl methyl sites for hydroxylation is 2. The third-order valence-corrected chi connectivity index (χ3v) is 6.05. The molecule has 136 valence electrons. The van der Waals surface area contributed by atoms with Crippen LogP contribution in [-0.2, 0) is 0 Å². The zero-order valence-corrected chi connectivity index (χ0v) is 16.6. The van der Waals surface area contributed by atoms with Crippen LogP contribution >= 0.6 is 0 Å². The highest BCUT2D eigenvalue weighted by molar-refractivity contribution is 6.03. The van der Waals surface area contributed by atoms with Crippen molar-refractivity contribution in [3.8, 4) is 22.5 Å². The van der Waals surface area contributed by atoms with Crippen LogP contribution in [0.2, 0.25) is 0 Å². The molecule has 0 unspecified atom stereocenters. The van der Waals surface area contributed by atoms with Crippen LogP contribution in [0.1, 0.15) is 33.4 Å². The molecular weight excluding hydrogens is 334 g/mol. The van der Waals surface area contributed by atoms with Gasteiger partial charge in [-0.1, -0.05) is 35.4 Å². The van der Waals surface area contributed by atoms with Crippen LogP contribution in [-0.4, -0.2) is 15.5 Å². The van der Waals surface area contributed by atoms with Gasteiger partial charge in [0.25, 0.3) is 0 Å².